The van der Waals surface area contributed by atoms with Crippen molar-refractivity contribution < 1.29 is 19.1 Å². The molecule has 0 spiro atoms. The van der Waals surface area contributed by atoms with Crippen LogP contribution in [0.4, 0.5) is 16.2 Å². The lowest BCUT2D eigenvalue weighted by molar-refractivity contribution is -0.0823. The number of hydrogen-bond acceptors (Lipinski definition) is 5. The first-order chi connectivity index (χ1) is 20.3. The third-order valence-electron chi connectivity index (χ3n) is 8.44. The van der Waals surface area contributed by atoms with E-state index in [0.717, 1.165) is 31.4 Å². The Labute approximate surface area is 252 Å². The van der Waals surface area contributed by atoms with E-state index in [2.05, 4.69) is 27.9 Å². The Bertz CT molecular complexity index is 1390. The molecule has 0 aliphatic carbocycles. The highest BCUT2D eigenvalue weighted by Gasteiger charge is 2.48. The fourth-order valence-electron chi connectivity index (χ4n) is 5.86. The van der Waals surface area contributed by atoms with Crippen LogP contribution in [0.2, 0.25) is 5.02 Å². The summed E-state index contributed by atoms with van der Waals surface area (Å²) in [7, 11) is 2.16. The molecule has 3 amide bonds. The molecule has 2 heterocycles. The number of nitrogens with zero attached hydrogens (tertiary/aromatic N) is 1. The van der Waals surface area contributed by atoms with E-state index in [9.17, 15) is 9.59 Å². The molecule has 2 aliphatic rings. The number of halogens is 1. The molecule has 3 N–H and O–H groups in total. The highest BCUT2D eigenvalue weighted by atomic mass is 35.5. The van der Waals surface area contributed by atoms with E-state index >= 15 is 0 Å². The van der Waals surface area contributed by atoms with Crippen LogP contribution < -0.4 is 25.4 Å². The van der Waals surface area contributed by atoms with Crippen LogP contribution in [0, 0.1) is 0 Å². The zero-order valence-electron chi connectivity index (χ0n) is 24.4. The summed E-state index contributed by atoms with van der Waals surface area (Å²) in [5.74, 6) is 1.59. The van der Waals surface area contributed by atoms with Gasteiger partial charge in [0.25, 0.3) is 5.91 Å². The van der Waals surface area contributed by atoms with E-state index in [0.29, 0.717) is 39.5 Å². The third-order valence-corrected chi connectivity index (χ3v) is 8.73. The molecule has 2 aliphatic heterocycles. The number of carbonyl (C=O) groups excluding carboxylic acids is 2. The van der Waals surface area contributed by atoms with Crippen LogP contribution in [0.5, 0.6) is 17.2 Å². The number of amides is 3. The summed E-state index contributed by atoms with van der Waals surface area (Å²) < 4.78 is 12.4. The molecular formula is C33H39ClN4O4. The van der Waals surface area contributed by atoms with Crippen molar-refractivity contribution in [3.63, 3.8) is 0 Å². The average Bonchev–Trinajstić information content (AvgIpc) is 3.14. The number of urea groups is 1. The molecule has 222 valence electrons. The van der Waals surface area contributed by atoms with E-state index < -0.39 is 0 Å². The number of nitrogens with one attached hydrogen (secondary N) is 3. The Morgan fingerprint density at radius 1 is 0.929 bits per heavy atom. The van der Waals surface area contributed by atoms with Crippen LogP contribution >= 0.6 is 11.6 Å². The summed E-state index contributed by atoms with van der Waals surface area (Å²) in [5, 5.41) is 9.02. The van der Waals surface area contributed by atoms with Gasteiger partial charge in [-0.05, 0) is 106 Å². The predicted molar refractivity (Wildman–Crippen MR) is 167 cm³/mol. The summed E-state index contributed by atoms with van der Waals surface area (Å²) >= 11 is 6.42. The summed E-state index contributed by atoms with van der Waals surface area (Å²) in [5.41, 5.74) is 1.54. The van der Waals surface area contributed by atoms with Gasteiger partial charge in [-0.2, -0.15) is 0 Å². The van der Waals surface area contributed by atoms with Crippen molar-refractivity contribution in [1.29, 1.82) is 0 Å². The Morgan fingerprint density at radius 2 is 1.62 bits per heavy atom. The Hall–Kier alpha value is -3.75. The van der Waals surface area contributed by atoms with Gasteiger partial charge in [-0.3, -0.25) is 9.69 Å². The summed E-state index contributed by atoms with van der Waals surface area (Å²) in [6, 6.07) is 19.9. The molecule has 2 unspecified atom stereocenters. The number of carbonyl (C=O) groups is 2. The largest absolute Gasteiger partial charge is 0.473 e. The van der Waals surface area contributed by atoms with Gasteiger partial charge in [0, 0.05) is 41.9 Å². The molecule has 2 saturated heterocycles. The molecule has 9 heteroatoms. The minimum atomic E-state index is -0.269. The van der Waals surface area contributed by atoms with E-state index in [-0.39, 0.29) is 23.7 Å². The zero-order valence-corrected chi connectivity index (χ0v) is 25.2. The molecule has 2 atom stereocenters. The van der Waals surface area contributed by atoms with Crippen molar-refractivity contribution in [2.75, 3.05) is 17.7 Å². The van der Waals surface area contributed by atoms with Gasteiger partial charge in [-0.15, -0.1) is 0 Å². The molecular weight excluding hydrogens is 552 g/mol. The first-order valence-electron chi connectivity index (χ1n) is 14.8. The van der Waals surface area contributed by atoms with Gasteiger partial charge in [0.1, 0.15) is 17.2 Å². The van der Waals surface area contributed by atoms with Gasteiger partial charge in [0.05, 0.1) is 5.02 Å². The van der Waals surface area contributed by atoms with Crippen molar-refractivity contribution in [2.45, 2.75) is 76.6 Å². The van der Waals surface area contributed by atoms with E-state index in [1.165, 1.54) is 19.3 Å². The molecule has 3 aromatic carbocycles. The SMILES string of the molecule is CCC(CC)NC(=O)Nc1ccc(Oc2ccc(NC(=O)c3ccc(OC45CCCC(CC4)N5C)cc3)cc2)c(Cl)c1. The van der Waals surface area contributed by atoms with Crippen molar-refractivity contribution in [3.8, 4) is 17.2 Å². The number of benzene rings is 3. The minimum Gasteiger partial charge on any atom is -0.473 e. The quantitative estimate of drug-likeness (QED) is 0.222. The number of hydrogen-bond donors (Lipinski definition) is 3. The fraction of sp³-hybridized carbons (Fsp3) is 0.394. The van der Waals surface area contributed by atoms with Crippen molar-refractivity contribution >= 4 is 34.9 Å². The lowest BCUT2D eigenvalue weighted by Crippen LogP contribution is -2.51. The first kappa shape index (κ1) is 29.7. The van der Waals surface area contributed by atoms with E-state index in [4.69, 9.17) is 21.1 Å². The number of rotatable bonds is 10. The van der Waals surface area contributed by atoms with Crippen LogP contribution in [0.25, 0.3) is 0 Å². The molecule has 0 radical (unpaired) electrons. The summed E-state index contributed by atoms with van der Waals surface area (Å²) in [6.07, 6.45) is 7.41. The summed E-state index contributed by atoms with van der Waals surface area (Å²) in [6.45, 7) is 4.07. The van der Waals surface area contributed by atoms with Crippen LogP contribution in [-0.4, -0.2) is 41.7 Å². The Kier molecular flexibility index (Phi) is 9.24. The van der Waals surface area contributed by atoms with Gasteiger partial charge in [-0.1, -0.05) is 25.4 Å². The average molecular weight is 591 g/mol. The molecule has 5 rings (SSSR count). The van der Waals surface area contributed by atoms with E-state index in [1.807, 2.05) is 26.0 Å². The zero-order chi connectivity index (χ0) is 29.7. The minimum absolute atomic E-state index is 0.124. The van der Waals surface area contributed by atoms with Crippen molar-refractivity contribution in [1.82, 2.24) is 10.2 Å². The van der Waals surface area contributed by atoms with Gasteiger partial charge in [-0.25, -0.2) is 4.79 Å². The maximum absolute atomic E-state index is 12.9. The molecule has 3 aromatic rings. The van der Waals surface area contributed by atoms with Gasteiger partial charge >= 0.3 is 6.03 Å². The smallest absolute Gasteiger partial charge is 0.319 e. The van der Waals surface area contributed by atoms with Gasteiger partial charge < -0.3 is 25.4 Å². The highest BCUT2D eigenvalue weighted by Crippen LogP contribution is 2.44. The molecule has 2 fully saturated rings. The number of fused-ring (bicyclic) bond motifs is 2. The first-order valence-corrected chi connectivity index (χ1v) is 15.1. The topological polar surface area (TPSA) is 91.9 Å². The van der Waals surface area contributed by atoms with Gasteiger partial charge in [0.2, 0.25) is 0 Å². The fourth-order valence-corrected chi connectivity index (χ4v) is 6.08. The second-order valence-electron chi connectivity index (χ2n) is 11.1. The molecule has 2 bridgehead atoms. The number of ether oxygens (including phenoxy) is 2. The van der Waals surface area contributed by atoms with Crippen molar-refractivity contribution in [2.24, 2.45) is 0 Å². The van der Waals surface area contributed by atoms with Gasteiger partial charge in [0.15, 0.2) is 5.72 Å². The molecule has 0 aromatic heterocycles. The molecule has 8 nitrogen and oxygen atoms in total. The van der Waals surface area contributed by atoms with Crippen LogP contribution in [0.1, 0.15) is 69.2 Å². The maximum atomic E-state index is 12.9. The summed E-state index contributed by atoms with van der Waals surface area (Å²) in [4.78, 5) is 27.5. The predicted octanol–water partition coefficient (Wildman–Crippen LogP) is 8.05. The van der Waals surface area contributed by atoms with E-state index in [1.54, 1.807) is 54.6 Å². The van der Waals surface area contributed by atoms with Crippen molar-refractivity contribution in [3.05, 3.63) is 77.3 Å². The third kappa shape index (κ3) is 6.82. The van der Waals surface area contributed by atoms with Crippen LogP contribution in [-0.2, 0) is 0 Å². The Balaban J connectivity index is 1.14. The Morgan fingerprint density at radius 3 is 2.31 bits per heavy atom. The molecule has 42 heavy (non-hydrogen) atoms. The lowest BCUT2D eigenvalue weighted by Gasteiger charge is -2.42. The monoisotopic (exact) mass is 590 g/mol. The van der Waals surface area contributed by atoms with Crippen LogP contribution in [0.3, 0.4) is 0 Å². The lowest BCUT2D eigenvalue weighted by atomic mass is 10.0. The highest BCUT2D eigenvalue weighted by molar-refractivity contribution is 6.32. The number of piperidine rings is 1. The second-order valence-corrected chi connectivity index (χ2v) is 11.5. The van der Waals surface area contributed by atoms with Crippen LogP contribution in [0.15, 0.2) is 66.7 Å². The molecule has 0 saturated carbocycles. The standard InChI is InChI=1S/C33H39ClN4O4/c1-4-23(5-2)36-32(40)37-25-12-17-30(29(34)21-25)41-27-15-10-24(11-16-27)35-31(39)22-8-13-28(14-9-22)42-33-19-6-7-26(18-20-33)38(33)3/h8-17,21,23,26H,4-7,18-20H2,1-3H3,(H,35,39)(H2,36,37,40). The number of anilines is 2. The second kappa shape index (κ2) is 13.0. The maximum Gasteiger partial charge on any atom is 0.319 e. The normalized spacial score (nSPS) is 19.8.